The lowest BCUT2D eigenvalue weighted by atomic mass is 9.97. The molecule has 0 unspecified atom stereocenters. The number of aromatic nitrogens is 1. The van der Waals surface area contributed by atoms with E-state index in [-0.39, 0.29) is 5.97 Å². The van der Waals surface area contributed by atoms with Gasteiger partial charge in [-0.15, -0.1) is 0 Å². The molecule has 0 saturated heterocycles. The molecule has 0 aliphatic rings. The predicted molar refractivity (Wildman–Crippen MR) is 108 cm³/mol. The number of carbonyl (C=O) groups excluding carboxylic acids is 1. The fraction of sp³-hybridized carbons (Fsp3) is 0.125. The average Bonchev–Trinajstić information content (AvgIpc) is 3.03. The molecular weight excluding hydrogens is 334 g/mol. The average molecular weight is 355 g/mol. The summed E-state index contributed by atoms with van der Waals surface area (Å²) in [5.41, 5.74) is 5.81. The monoisotopic (exact) mass is 355 g/mol. The van der Waals surface area contributed by atoms with E-state index in [0.717, 1.165) is 27.9 Å². The molecule has 0 fully saturated rings. The molecule has 0 radical (unpaired) electrons. The van der Waals surface area contributed by atoms with Crippen LogP contribution in [0.1, 0.15) is 28.4 Å². The van der Waals surface area contributed by atoms with Gasteiger partial charge >= 0.3 is 5.97 Å². The number of pyridine rings is 1. The van der Waals surface area contributed by atoms with E-state index in [1.54, 1.807) is 0 Å². The molecule has 134 valence electrons. The Balaban J connectivity index is 2.01. The van der Waals surface area contributed by atoms with Gasteiger partial charge in [0.1, 0.15) is 0 Å². The van der Waals surface area contributed by atoms with Gasteiger partial charge in [0.15, 0.2) is 0 Å². The van der Waals surface area contributed by atoms with Crippen molar-refractivity contribution in [2.75, 3.05) is 6.61 Å². The van der Waals surface area contributed by atoms with Crippen molar-refractivity contribution in [2.45, 2.75) is 13.3 Å². The Morgan fingerprint density at radius 2 is 1.56 bits per heavy atom. The van der Waals surface area contributed by atoms with Crippen LogP contribution in [0.4, 0.5) is 0 Å². The molecule has 0 amide bonds. The van der Waals surface area contributed by atoms with Gasteiger partial charge in [-0.25, -0.2) is 4.79 Å². The lowest BCUT2D eigenvalue weighted by Gasteiger charge is -2.09. The molecule has 27 heavy (non-hydrogen) atoms. The lowest BCUT2D eigenvalue weighted by molar-refractivity contribution is 0.0528. The number of nitrogens with zero attached hydrogens (tertiary/aromatic N) is 1. The number of rotatable bonds is 5. The van der Waals surface area contributed by atoms with E-state index in [2.05, 4.69) is 28.7 Å². The third-order valence-electron chi connectivity index (χ3n) is 4.70. The number of hydrogen-bond acceptors (Lipinski definition) is 2. The third-order valence-corrected chi connectivity index (χ3v) is 4.70. The van der Waals surface area contributed by atoms with Gasteiger partial charge in [0.25, 0.3) is 0 Å². The number of carbonyl (C=O) groups is 1. The van der Waals surface area contributed by atoms with Gasteiger partial charge in [0.2, 0.25) is 0 Å². The third kappa shape index (κ3) is 3.24. The van der Waals surface area contributed by atoms with Crippen molar-refractivity contribution in [1.29, 1.82) is 0 Å². The minimum atomic E-state index is -0.269. The molecule has 3 heteroatoms. The highest BCUT2D eigenvalue weighted by molar-refractivity contribution is 6.02. The SMILES string of the molecule is CCOC(=O)c1c(Cc2ccccc2)c(-c2ccccc2)n2ccccc12. The zero-order valence-corrected chi connectivity index (χ0v) is 15.3. The summed E-state index contributed by atoms with van der Waals surface area (Å²) in [6.45, 7) is 2.19. The maximum atomic E-state index is 12.9. The summed E-state index contributed by atoms with van der Waals surface area (Å²) in [4.78, 5) is 12.9. The summed E-state index contributed by atoms with van der Waals surface area (Å²) in [5.74, 6) is -0.269. The van der Waals surface area contributed by atoms with Crippen molar-refractivity contribution < 1.29 is 9.53 Å². The van der Waals surface area contributed by atoms with Gasteiger partial charge in [-0.2, -0.15) is 0 Å². The van der Waals surface area contributed by atoms with E-state index < -0.39 is 0 Å². The molecule has 4 rings (SSSR count). The maximum Gasteiger partial charge on any atom is 0.340 e. The standard InChI is InChI=1S/C24H21NO2/c1-2-27-24(26)22-20(17-18-11-5-3-6-12-18)23(19-13-7-4-8-14-19)25-16-10-9-15-21(22)25/h3-16H,2,17H2,1H3. The first-order valence-electron chi connectivity index (χ1n) is 9.18. The highest BCUT2D eigenvalue weighted by atomic mass is 16.5. The van der Waals surface area contributed by atoms with Gasteiger partial charge in [-0.05, 0) is 35.7 Å². The van der Waals surface area contributed by atoms with Crippen LogP contribution in [-0.4, -0.2) is 17.0 Å². The van der Waals surface area contributed by atoms with Gasteiger partial charge in [0.05, 0.1) is 23.4 Å². The largest absolute Gasteiger partial charge is 0.462 e. The number of esters is 1. The molecule has 0 saturated carbocycles. The Morgan fingerprint density at radius 3 is 2.26 bits per heavy atom. The first kappa shape index (κ1) is 17.1. The Morgan fingerprint density at radius 1 is 0.889 bits per heavy atom. The van der Waals surface area contributed by atoms with E-state index >= 15 is 0 Å². The zero-order valence-electron chi connectivity index (χ0n) is 15.3. The van der Waals surface area contributed by atoms with Gasteiger partial charge < -0.3 is 9.14 Å². The first-order valence-corrected chi connectivity index (χ1v) is 9.18. The van der Waals surface area contributed by atoms with Crippen LogP contribution < -0.4 is 0 Å². The summed E-state index contributed by atoms with van der Waals surface area (Å²) in [6, 6.07) is 26.4. The molecule has 0 spiro atoms. The predicted octanol–water partition coefficient (Wildman–Crippen LogP) is 5.37. The molecular formula is C24H21NO2. The number of ether oxygens (including phenoxy) is 1. The molecule has 2 aromatic heterocycles. The second-order valence-corrected chi connectivity index (χ2v) is 6.41. The fourth-order valence-corrected chi connectivity index (χ4v) is 3.57. The van der Waals surface area contributed by atoms with Gasteiger partial charge in [0, 0.05) is 12.6 Å². The van der Waals surface area contributed by atoms with Crippen LogP contribution in [0.2, 0.25) is 0 Å². The number of hydrogen-bond donors (Lipinski definition) is 0. The van der Waals surface area contributed by atoms with Gasteiger partial charge in [-0.3, -0.25) is 0 Å². The van der Waals surface area contributed by atoms with Crippen LogP contribution >= 0.6 is 0 Å². The summed E-state index contributed by atoms with van der Waals surface area (Å²) < 4.78 is 7.51. The molecule has 0 N–H and O–H groups in total. The Labute approximate surface area is 158 Å². The van der Waals surface area contributed by atoms with E-state index in [4.69, 9.17) is 4.74 Å². The molecule has 0 aliphatic carbocycles. The first-order chi connectivity index (χ1) is 13.3. The fourth-order valence-electron chi connectivity index (χ4n) is 3.57. The smallest absolute Gasteiger partial charge is 0.340 e. The van der Waals surface area contributed by atoms with E-state index in [0.29, 0.717) is 18.6 Å². The molecule has 2 aromatic carbocycles. The molecule has 4 aromatic rings. The molecule has 0 aliphatic heterocycles. The summed E-state index contributed by atoms with van der Waals surface area (Å²) in [7, 11) is 0. The van der Waals surface area contributed by atoms with Crippen LogP contribution in [0.5, 0.6) is 0 Å². The summed E-state index contributed by atoms with van der Waals surface area (Å²) in [5, 5.41) is 0. The van der Waals surface area contributed by atoms with Crippen molar-refractivity contribution in [1.82, 2.24) is 4.40 Å². The van der Waals surface area contributed by atoms with Crippen LogP contribution in [0.15, 0.2) is 85.1 Å². The van der Waals surface area contributed by atoms with Crippen molar-refractivity contribution >= 4 is 11.5 Å². The van der Waals surface area contributed by atoms with Crippen molar-refractivity contribution in [3.8, 4) is 11.3 Å². The minimum Gasteiger partial charge on any atom is -0.462 e. The van der Waals surface area contributed by atoms with Crippen LogP contribution in [-0.2, 0) is 11.2 Å². The van der Waals surface area contributed by atoms with E-state index in [1.807, 2.05) is 67.7 Å². The van der Waals surface area contributed by atoms with Crippen LogP contribution in [0.25, 0.3) is 16.8 Å². The molecule has 3 nitrogen and oxygen atoms in total. The summed E-state index contributed by atoms with van der Waals surface area (Å²) >= 11 is 0. The van der Waals surface area contributed by atoms with E-state index in [1.165, 1.54) is 0 Å². The zero-order chi connectivity index (χ0) is 18.6. The highest BCUT2D eigenvalue weighted by Crippen LogP contribution is 2.34. The Kier molecular flexibility index (Phi) is 4.75. The Bertz CT molecular complexity index is 1070. The molecule has 0 atom stereocenters. The number of benzene rings is 2. The van der Waals surface area contributed by atoms with Crippen LogP contribution in [0, 0.1) is 0 Å². The summed E-state index contributed by atoms with van der Waals surface area (Å²) in [6.07, 6.45) is 2.68. The van der Waals surface area contributed by atoms with Crippen LogP contribution in [0.3, 0.4) is 0 Å². The normalized spacial score (nSPS) is 10.9. The lowest BCUT2D eigenvalue weighted by Crippen LogP contribution is -2.07. The molecule has 0 bridgehead atoms. The maximum absolute atomic E-state index is 12.9. The van der Waals surface area contributed by atoms with Gasteiger partial charge in [-0.1, -0.05) is 66.7 Å². The van der Waals surface area contributed by atoms with Crippen molar-refractivity contribution in [3.05, 3.63) is 102 Å². The molecule has 2 heterocycles. The Hall–Kier alpha value is -3.33. The van der Waals surface area contributed by atoms with Crippen molar-refractivity contribution in [2.24, 2.45) is 0 Å². The second kappa shape index (κ2) is 7.50. The number of fused-ring (bicyclic) bond motifs is 1. The quantitative estimate of drug-likeness (QED) is 0.450. The van der Waals surface area contributed by atoms with E-state index in [9.17, 15) is 4.79 Å². The topological polar surface area (TPSA) is 30.7 Å². The van der Waals surface area contributed by atoms with Crippen molar-refractivity contribution in [3.63, 3.8) is 0 Å². The second-order valence-electron chi connectivity index (χ2n) is 6.41. The minimum absolute atomic E-state index is 0.269. The highest BCUT2D eigenvalue weighted by Gasteiger charge is 2.25.